The number of hydrogen-bond acceptors (Lipinski definition) is 3. The molecule has 27 heavy (non-hydrogen) atoms. The van der Waals surface area contributed by atoms with E-state index in [4.69, 9.17) is 4.74 Å². The zero-order chi connectivity index (χ0) is 19.0. The Labute approximate surface area is 156 Å². The summed E-state index contributed by atoms with van der Waals surface area (Å²) in [5, 5.41) is 5.75. The Bertz CT molecular complexity index is 900. The summed E-state index contributed by atoms with van der Waals surface area (Å²) >= 11 is 0. The summed E-state index contributed by atoms with van der Waals surface area (Å²) in [6.45, 7) is 1.10. The number of benzene rings is 2. The summed E-state index contributed by atoms with van der Waals surface area (Å²) < 4.78 is 18.3. The normalized spacial score (nSPS) is 20.5. The molecule has 2 aliphatic rings. The van der Waals surface area contributed by atoms with E-state index in [1.807, 2.05) is 12.1 Å². The molecule has 0 saturated carbocycles. The number of anilines is 1. The first-order chi connectivity index (χ1) is 13.0. The van der Waals surface area contributed by atoms with Crippen LogP contribution >= 0.6 is 0 Å². The molecule has 7 heteroatoms. The number of ether oxygens (including phenoxy) is 1. The number of likely N-dealkylation sites (tertiary alicyclic amines) is 1. The van der Waals surface area contributed by atoms with Crippen LogP contribution in [-0.4, -0.2) is 37.0 Å². The molecule has 0 bridgehead atoms. The molecule has 0 radical (unpaired) electrons. The first kappa shape index (κ1) is 17.3. The molecule has 6 nitrogen and oxygen atoms in total. The SMILES string of the molecule is COc1ccc2c(c1)C1(CCN(C(=O)NCc3ccc(F)cc3)C1)C(=O)N2. The van der Waals surface area contributed by atoms with Crippen molar-refractivity contribution in [2.75, 3.05) is 25.5 Å². The van der Waals surface area contributed by atoms with Crippen LogP contribution < -0.4 is 15.4 Å². The lowest BCUT2D eigenvalue weighted by Gasteiger charge is -2.23. The largest absolute Gasteiger partial charge is 0.497 e. The molecule has 3 amide bonds. The molecule has 2 aliphatic heterocycles. The topological polar surface area (TPSA) is 70.7 Å². The lowest BCUT2D eigenvalue weighted by atomic mass is 9.81. The summed E-state index contributed by atoms with van der Waals surface area (Å²) in [6.07, 6.45) is 0.559. The summed E-state index contributed by atoms with van der Waals surface area (Å²) in [6, 6.07) is 11.3. The Kier molecular flexibility index (Phi) is 4.22. The highest BCUT2D eigenvalue weighted by Gasteiger charge is 2.52. The average molecular weight is 369 g/mol. The Morgan fingerprint density at radius 1 is 1.30 bits per heavy atom. The number of nitrogens with one attached hydrogen (secondary N) is 2. The number of nitrogens with zero attached hydrogens (tertiary/aromatic N) is 1. The van der Waals surface area contributed by atoms with Gasteiger partial charge in [0.25, 0.3) is 0 Å². The van der Waals surface area contributed by atoms with Crippen LogP contribution in [0, 0.1) is 5.82 Å². The molecule has 2 aromatic carbocycles. The molecule has 1 spiro atoms. The zero-order valence-corrected chi connectivity index (χ0v) is 14.9. The molecule has 0 aromatic heterocycles. The number of halogens is 1. The van der Waals surface area contributed by atoms with E-state index in [1.165, 1.54) is 12.1 Å². The highest BCUT2D eigenvalue weighted by atomic mass is 19.1. The van der Waals surface area contributed by atoms with Crippen LogP contribution in [0.2, 0.25) is 0 Å². The van der Waals surface area contributed by atoms with E-state index in [0.29, 0.717) is 31.8 Å². The van der Waals surface area contributed by atoms with Crippen LogP contribution in [0.25, 0.3) is 0 Å². The highest BCUT2D eigenvalue weighted by molar-refractivity contribution is 6.07. The smallest absolute Gasteiger partial charge is 0.317 e. The lowest BCUT2D eigenvalue weighted by molar-refractivity contribution is -0.120. The van der Waals surface area contributed by atoms with Crippen LogP contribution in [0.5, 0.6) is 5.75 Å². The van der Waals surface area contributed by atoms with Gasteiger partial charge >= 0.3 is 6.03 Å². The molecule has 4 rings (SSSR count). The van der Waals surface area contributed by atoms with Crippen molar-refractivity contribution < 1.29 is 18.7 Å². The second kappa shape index (κ2) is 6.57. The number of carbonyl (C=O) groups is 2. The summed E-state index contributed by atoms with van der Waals surface area (Å²) in [5.74, 6) is 0.288. The number of hydrogen-bond donors (Lipinski definition) is 2. The minimum Gasteiger partial charge on any atom is -0.497 e. The van der Waals surface area contributed by atoms with Crippen LogP contribution in [0.1, 0.15) is 17.5 Å². The molecule has 1 fully saturated rings. The van der Waals surface area contributed by atoms with Gasteiger partial charge in [-0.3, -0.25) is 4.79 Å². The number of rotatable bonds is 3. The highest BCUT2D eigenvalue weighted by Crippen LogP contribution is 2.45. The van der Waals surface area contributed by atoms with Crippen molar-refractivity contribution >= 4 is 17.6 Å². The molecular formula is C20H20FN3O3. The average Bonchev–Trinajstić information content (AvgIpc) is 3.24. The minimum absolute atomic E-state index is 0.0837. The van der Waals surface area contributed by atoms with E-state index in [1.54, 1.807) is 30.2 Å². The fraction of sp³-hybridized carbons (Fsp3) is 0.300. The van der Waals surface area contributed by atoms with Crippen molar-refractivity contribution in [3.8, 4) is 5.75 Å². The number of urea groups is 1. The predicted molar refractivity (Wildman–Crippen MR) is 98.1 cm³/mol. The number of fused-ring (bicyclic) bond motifs is 2. The third-order valence-corrected chi connectivity index (χ3v) is 5.34. The van der Waals surface area contributed by atoms with E-state index >= 15 is 0 Å². The van der Waals surface area contributed by atoms with E-state index < -0.39 is 5.41 Å². The van der Waals surface area contributed by atoms with E-state index in [9.17, 15) is 14.0 Å². The van der Waals surface area contributed by atoms with Gasteiger partial charge in [0.2, 0.25) is 5.91 Å². The van der Waals surface area contributed by atoms with E-state index in [0.717, 1.165) is 16.8 Å². The fourth-order valence-corrected chi connectivity index (χ4v) is 3.80. The van der Waals surface area contributed by atoms with Crippen molar-refractivity contribution in [1.29, 1.82) is 0 Å². The van der Waals surface area contributed by atoms with Crippen LogP contribution in [0.4, 0.5) is 14.9 Å². The molecule has 2 heterocycles. The summed E-state index contributed by atoms with van der Waals surface area (Å²) in [4.78, 5) is 26.9. The molecule has 2 aromatic rings. The van der Waals surface area contributed by atoms with Crippen LogP contribution in [0.3, 0.4) is 0 Å². The molecule has 140 valence electrons. The first-order valence-corrected chi connectivity index (χ1v) is 8.79. The van der Waals surface area contributed by atoms with E-state index in [2.05, 4.69) is 10.6 Å². The van der Waals surface area contributed by atoms with Gasteiger partial charge in [-0.25, -0.2) is 9.18 Å². The minimum atomic E-state index is -0.739. The van der Waals surface area contributed by atoms with Crippen molar-refractivity contribution in [3.63, 3.8) is 0 Å². The molecule has 2 N–H and O–H groups in total. The standard InChI is InChI=1S/C20H20FN3O3/c1-27-15-6-7-17-16(10-15)20(18(25)23-17)8-9-24(12-20)19(26)22-11-13-2-4-14(21)5-3-13/h2-7,10H,8-9,11-12H2,1H3,(H,22,26)(H,23,25). The quantitative estimate of drug-likeness (QED) is 0.874. The van der Waals surface area contributed by atoms with Gasteiger partial charge in [-0.2, -0.15) is 0 Å². The maximum Gasteiger partial charge on any atom is 0.317 e. The van der Waals surface area contributed by atoms with Gasteiger partial charge in [0.05, 0.1) is 12.5 Å². The number of carbonyl (C=O) groups excluding carboxylic acids is 2. The molecule has 0 aliphatic carbocycles. The Hall–Kier alpha value is -3.09. The molecule has 1 unspecified atom stereocenters. The van der Waals surface area contributed by atoms with Crippen molar-refractivity contribution in [3.05, 3.63) is 59.4 Å². The lowest BCUT2D eigenvalue weighted by Crippen LogP contribution is -2.42. The van der Waals surface area contributed by atoms with Gasteiger partial charge in [0.15, 0.2) is 0 Å². The van der Waals surface area contributed by atoms with Crippen molar-refractivity contribution in [1.82, 2.24) is 10.2 Å². The third-order valence-electron chi connectivity index (χ3n) is 5.34. The second-order valence-electron chi connectivity index (χ2n) is 6.90. The zero-order valence-electron chi connectivity index (χ0n) is 14.9. The predicted octanol–water partition coefficient (Wildman–Crippen LogP) is 2.64. The maximum absolute atomic E-state index is 13.0. The van der Waals surface area contributed by atoms with Gasteiger partial charge in [0.1, 0.15) is 11.6 Å². The Balaban J connectivity index is 1.47. The number of amides is 3. The second-order valence-corrected chi connectivity index (χ2v) is 6.90. The van der Waals surface area contributed by atoms with Crippen LogP contribution in [-0.2, 0) is 16.8 Å². The monoisotopic (exact) mass is 369 g/mol. The summed E-state index contributed by atoms with van der Waals surface area (Å²) in [7, 11) is 1.59. The molecule has 1 saturated heterocycles. The van der Waals surface area contributed by atoms with Crippen molar-refractivity contribution in [2.45, 2.75) is 18.4 Å². The van der Waals surface area contributed by atoms with Gasteiger partial charge in [-0.05, 0) is 47.9 Å². The Morgan fingerprint density at radius 2 is 2.07 bits per heavy atom. The molecular weight excluding hydrogens is 349 g/mol. The van der Waals surface area contributed by atoms with E-state index in [-0.39, 0.29) is 17.8 Å². The third kappa shape index (κ3) is 2.99. The van der Waals surface area contributed by atoms with Crippen LogP contribution in [0.15, 0.2) is 42.5 Å². The summed E-state index contributed by atoms with van der Waals surface area (Å²) in [5.41, 5.74) is 1.72. The van der Waals surface area contributed by atoms with Gasteiger partial charge in [0, 0.05) is 25.3 Å². The number of methoxy groups -OCH3 is 1. The van der Waals surface area contributed by atoms with Gasteiger partial charge in [-0.1, -0.05) is 12.1 Å². The van der Waals surface area contributed by atoms with Crippen molar-refractivity contribution in [2.24, 2.45) is 0 Å². The van der Waals surface area contributed by atoms with Gasteiger partial charge in [-0.15, -0.1) is 0 Å². The fourth-order valence-electron chi connectivity index (χ4n) is 3.80. The Morgan fingerprint density at radius 3 is 2.81 bits per heavy atom. The van der Waals surface area contributed by atoms with Gasteiger partial charge < -0.3 is 20.3 Å². The first-order valence-electron chi connectivity index (χ1n) is 8.79. The maximum atomic E-state index is 13.0. The molecule has 1 atom stereocenters.